The Kier molecular flexibility index (Phi) is 4.08. The molecular formula is C25H27I. The zero-order chi connectivity index (χ0) is 17.9. The lowest BCUT2D eigenvalue weighted by atomic mass is 9.67. The molecule has 3 unspecified atom stereocenters. The van der Waals surface area contributed by atoms with Crippen LogP contribution >= 0.6 is 22.6 Å². The minimum atomic E-state index is 0.280. The molecular weight excluding hydrogens is 427 g/mol. The highest BCUT2D eigenvalue weighted by molar-refractivity contribution is 14.1. The maximum Gasteiger partial charge on any atom is 0.00930 e. The molecule has 0 aliphatic heterocycles. The van der Waals surface area contributed by atoms with Gasteiger partial charge in [0.2, 0.25) is 0 Å². The van der Waals surface area contributed by atoms with Crippen molar-refractivity contribution in [2.75, 3.05) is 0 Å². The minimum Gasteiger partial charge on any atom is -0.0839 e. The largest absolute Gasteiger partial charge is 0.0839 e. The van der Waals surface area contributed by atoms with Gasteiger partial charge < -0.3 is 0 Å². The summed E-state index contributed by atoms with van der Waals surface area (Å²) in [7, 11) is 0. The van der Waals surface area contributed by atoms with Crippen LogP contribution in [0.25, 0.3) is 0 Å². The topological polar surface area (TPSA) is 0 Å². The lowest BCUT2D eigenvalue weighted by molar-refractivity contribution is 0.318. The molecule has 26 heavy (non-hydrogen) atoms. The Morgan fingerprint density at radius 1 is 1.08 bits per heavy atom. The molecule has 0 amide bonds. The average molecular weight is 454 g/mol. The van der Waals surface area contributed by atoms with Crippen molar-refractivity contribution in [2.24, 2.45) is 29.1 Å². The van der Waals surface area contributed by atoms with Crippen molar-refractivity contribution >= 4 is 22.6 Å². The Labute approximate surface area is 171 Å². The van der Waals surface area contributed by atoms with E-state index < -0.39 is 0 Å². The predicted octanol–water partition coefficient (Wildman–Crippen LogP) is 7.24. The summed E-state index contributed by atoms with van der Waals surface area (Å²) in [6.45, 7) is 4.94. The van der Waals surface area contributed by atoms with E-state index in [0.717, 1.165) is 0 Å². The van der Waals surface area contributed by atoms with Crippen LogP contribution < -0.4 is 0 Å². The molecule has 0 radical (unpaired) electrons. The highest BCUT2D eigenvalue weighted by Gasteiger charge is 2.45. The Hall–Kier alpha value is -1.09. The van der Waals surface area contributed by atoms with Gasteiger partial charge in [0, 0.05) is 9.50 Å². The van der Waals surface area contributed by atoms with E-state index in [1.54, 1.807) is 22.3 Å². The zero-order valence-electron chi connectivity index (χ0n) is 15.7. The predicted molar refractivity (Wildman–Crippen MR) is 119 cm³/mol. The third kappa shape index (κ3) is 2.61. The summed E-state index contributed by atoms with van der Waals surface area (Å²) in [4.78, 5) is 0. The number of hydrogen-bond donors (Lipinski definition) is 0. The second-order valence-corrected chi connectivity index (χ2v) is 10.3. The van der Waals surface area contributed by atoms with Gasteiger partial charge in [0.1, 0.15) is 0 Å². The van der Waals surface area contributed by atoms with Crippen LogP contribution in [0.4, 0.5) is 0 Å². The van der Waals surface area contributed by atoms with Gasteiger partial charge in [-0.15, -0.1) is 0 Å². The molecule has 134 valence electrons. The van der Waals surface area contributed by atoms with Gasteiger partial charge in [0.25, 0.3) is 0 Å². The maximum atomic E-state index is 2.50. The van der Waals surface area contributed by atoms with Gasteiger partial charge in [-0.05, 0) is 88.2 Å². The molecule has 0 saturated heterocycles. The Morgan fingerprint density at radius 2 is 1.96 bits per heavy atom. The van der Waals surface area contributed by atoms with Crippen LogP contribution in [0.1, 0.15) is 39.5 Å². The highest BCUT2D eigenvalue weighted by atomic mass is 127. The van der Waals surface area contributed by atoms with Gasteiger partial charge in [-0.3, -0.25) is 0 Å². The van der Waals surface area contributed by atoms with E-state index in [1.165, 1.54) is 29.3 Å². The summed E-state index contributed by atoms with van der Waals surface area (Å²) in [5, 5.41) is 0. The van der Waals surface area contributed by atoms with Crippen LogP contribution in [0.5, 0.6) is 0 Å². The normalized spacial score (nSPS) is 36.8. The van der Waals surface area contributed by atoms with E-state index in [1.807, 2.05) is 0 Å². The Morgan fingerprint density at radius 3 is 2.85 bits per heavy atom. The van der Waals surface area contributed by atoms with Crippen LogP contribution in [0.3, 0.4) is 0 Å². The smallest absolute Gasteiger partial charge is 0.00930 e. The van der Waals surface area contributed by atoms with Crippen molar-refractivity contribution in [3.05, 3.63) is 80.6 Å². The molecule has 0 nitrogen and oxygen atoms in total. The molecule has 0 spiro atoms. The standard InChI is InChI=1S/C25H27I/c1-25(2)23-6-4-3-5-21(23)22-12-10-19(15-24(22)25)16-7-8-18-14-20(26)11-9-17(18)13-16/h4,6-12,14,16-18,24H,3,5,13,15H2,1-2H3/t16?,17-,18?,24?/m0/s1. The van der Waals surface area contributed by atoms with E-state index in [4.69, 9.17) is 0 Å². The number of fused-ring (bicyclic) bond motifs is 3. The molecule has 0 heterocycles. The molecule has 5 rings (SSSR count). The quantitative estimate of drug-likeness (QED) is 0.289. The molecule has 0 bridgehead atoms. The van der Waals surface area contributed by atoms with E-state index in [9.17, 15) is 0 Å². The maximum absolute atomic E-state index is 2.50. The molecule has 5 aliphatic carbocycles. The van der Waals surface area contributed by atoms with Crippen molar-refractivity contribution in [3.63, 3.8) is 0 Å². The van der Waals surface area contributed by atoms with E-state index in [0.29, 0.717) is 23.7 Å². The first-order valence-electron chi connectivity index (χ1n) is 10.1. The monoisotopic (exact) mass is 454 g/mol. The lowest BCUT2D eigenvalue weighted by Crippen LogP contribution is -2.27. The number of halogens is 1. The number of hydrogen-bond acceptors (Lipinski definition) is 0. The summed E-state index contributed by atoms with van der Waals surface area (Å²) in [5.41, 5.74) is 6.85. The summed E-state index contributed by atoms with van der Waals surface area (Å²) in [6, 6.07) is 0. The van der Waals surface area contributed by atoms with Gasteiger partial charge >= 0.3 is 0 Å². The van der Waals surface area contributed by atoms with Crippen LogP contribution in [-0.2, 0) is 0 Å². The first-order valence-corrected chi connectivity index (χ1v) is 11.2. The third-order valence-corrected chi connectivity index (χ3v) is 8.01. The van der Waals surface area contributed by atoms with Gasteiger partial charge in [0.05, 0.1) is 0 Å². The SMILES string of the molecule is CC1(C)C2=C(CCC=C2)C2=CC=C(C3C=CC4C=C(I)C=C[C@H]4C3)CC21. The second-order valence-electron chi connectivity index (χ2n) is 9.05. The average Bonchev–Trinajstić information content (AvgIpc) is 2.89. The minimum absolute atomic E-state index is 0.280. The number of allylic oxidation sites excluding steroid dienone is 14. The summed E-state index contributed by atoms with van der Waals surface area (Å²) in [5.74, 6) is 2.58. The van der Waals surface area contributed by atoms with E-state index >= 15 is 0 Å². The fourth-order valence-corrected chi connectivity index (χ4v) is 6.38. The fourth-order valence-electron chi connectivity index (χ4n) is 5.76. The fraction of sp³-hybridized carbons (Fsp3) is 0.440. The van der Waals surface area contributed by atoms with Gasteiger partial charge in [-0.1, -0.05) is 74.1 Å². The molecule has 5 aliphatic rings. The zero-order valence-corrected chi connectivity index (χ0v) is 17.9. The third-order valence-electron chi connectivity index (χ3n) is 7.29. The molecule has 1 heteroatoms. The molecule has 0 fully saturated rings. The van der Waals surface area contributed by atoms with Crippen molar-refractivity contribution in [2.45, 2.75) is 39.5 Å². The molecule has 0 aromatic heterocycles. The van der Waals surface area contributed by atoms with Gasteiger partial charge in [-0.25, -0.2) is 0 Å². The molecule has 0 N–H and O–H groups in total. The first-order chi connectivity index (χ1) is 12.5. The molecule has 0 aromatic carbocycles. The van der Waals surface area contributed by atoms with E-state index in [2.05, 4.69) is 91.1 Å². The van der Waals surface area contributed by atoms with Crippen molar-refractivity contribution in [1.29, 1.82) is 0 Å². The summed E-state index contributed by atoms with van der Waals surface area (Å²) in [6.07, 6.45) is 26.8. The Bertz CT molecular complexity index is 853. The lowest BCUT2D eigenvalue weighted by Gasteiger charge is -2.37. The molecule has 4 atom stereocenters. The van der Waals surface area contributed by atoms with Crippen molar-refractivity contribution in [3.8, 4) is 0 Å². The van der Waals surface area contributed by atoms with Crippen LogP contribution in [0.2, 0.25) is 0 Å². The van der Waals surface area contributed by atoms with Gasteiger partial charge in [-0.2, -0.15) is 0 Å². The molecule has 0 aromatic rings. The second kappa shape index (κ2) is 6.22. The highest BCUT2D eigenvalue weighted by Crippen LogP contribution is 2.57. The summed E-state index contributed by atoms with van der Waals surface area (Å²) < 4.78 is 1.38. The van der Waals surface area contributed by atoms with E-state index in [-0.39, 0.29) is 5.41 Å². The number of rotatable bonds is 1. The van der Waals surface area contributed by atoms with Crippen LogP contribution in [0.15, 0.2) is 80.6 Å². The van der Waals surface area contributed by atoms with Crippen molar-refractivity contribution in [1.82, 2.24) is 0 Å². The van der Waals surface area contributed by atoms with Crippen LogP contribution in [-0.4, -0.2) is 0 Å². The van der Waals surface area contributed by atoms with Crippen molar-refractivity contribution < 1.29 is 0 Å². The first kappa shape index (κ1) is 17.0. The van der Waals surface area contributed by atoms with Crippen LogP contribution in [0, 0.1) is 29.1 Å². The van der Waals surface area contributed by atoms with Gasteiger partial charge in [0.15, 0.2) is 0 Å². The Balaban J connectivity index is 1.44. The summed E-state index contributed by atoms with van der Waals surface area (Å²) >= 11 is 2.44. The molecule has 0 saturated carbocycles.